The largest absolute Gasteiger partial charge is 0.352 e. The lowest BCUT2D eigenvalue weighted by Gasteiger charge is -2.16. The summed E-state index contributed by atoms with van der Waals surface area (Å²) in [6.07, 6.45) is 3.50. The number of amides is 1. The number of carbonyl (C=O) groups is 1. The van der Waals surface area contributed by atoms with Crippen LogP contribution in [0.4, 0.5) is 0 Å². The zero-order valence-corrected chi connectivity index (χ0v) is 14.8. The first-order valence-electron chi connectivity index (χ1n) is 8.54. The monoisotopic (exact) mass is 359 g/mol. The molecule has 5 nitrogen and oxygen atoms in total. The van der Waals surface area contributed by atoms with Crippen LogP contribution in [0.3, 0.4) is 0 Å². The van der Waals surface area contributed by atoms with Crippen LogP contribution in [0.2, 0.25) is 5.02 Å². The van der Waals surface area contributed by atoms with E-state index in [1.807, 2.05) is 6.07 Å². The van der Waals surface area contributed by atoms with Gasteiger partial charge in [0.25, 0.3) is 11.5 Å². The van der Waals surface area contributed by atoms with Crippen molar-refractivity contribution in [3.63, 3.8) is 0 Å². The first kappa shape index (κ1) is 17.7. The topological polar surface area (TPSA) is 65.2 Å². The van der Waals surface area contributed by atoms with Crippen molar-refractivity contribution in [2.75, 3.05) is 19.6 Å². The van der Waals surface area contributed by atoms with Crippen molar-refractivity contribution < 1.29 is 4.79 Å². The molecular formula is C19H22ClN3O2. The molecule has 1 aromatic heterocycles. The Morgan fingerprint density at radius 3 is 2.88 bits per heavy atom. The Kier molecular flexibility index (Phi) is 5.89. The van der Waals surface area contributed by atoms with Gasteiger partial charge in [0.15, 0.2) is 0 Å². The molecule has 1 aliphatic rings. The van der Waals surface area contributed by atoms with Crippen molar-refractivity contribution in [1.29, 1.82) is 0 Å². The van der Waals surface area contributed by atoms with E-state index in [4.69, 9.17) is 11.6 Å². The van der Waals surface area contributed by atoms with Crippen molar-refractivity contribution in [1.82, 2.24) is 15.2 Å². The van der Waals surface area contributed by atoms with Gasteiger partial charge in [-0.15, -0.1) is 0 Å². The van der Waals surface area contributed by atoms with Crippen molar-refractivity contribution in [2.45, 2.75) is 19.4 Å². The summed E-state index contributed by atoms with van der Waals surface area (Å²) in [4.78, 5) is 28.2. The standard InChI is InChI=1S/C19H22ClN3O2/c20-17-10-16(11-22-19(17)25)18(24)21-8-6-15-7-9-23(13-15)12-14-4-2-1-3-5-14/h1-5,10-11,15H,6-9,12-13H2,(H,21,24)(H,22,25)/t15-/m0/s1. The fraction of sp³-hybridized carbons (Fsp3) is 0.368. The number of pyridine rings is 1. The molecular weight excluding hydrogens is 338 g/mol. The molecule has 2 heterocycles. The first-order chi connectivity index (χ1) is 12.1. The summed E-state index contributed by atoms with van der Waals surface area (Å²) in [5, 5.41) is 2.93. The van der Waals surface area contributed by atoms with Gasteiger partial charge in [-0.2, -0.15) is 0 Å². The van der Waals surface area contributed by atoms with Gasteiger partial charge >= 0.3 is 0 Å². The number of benzene rings is 1. The minimum atomic E-state index is -0.386. The predicted octanol–water partition coefficient (Wildman–Crippen LogP) is 2.67. The molecule has 1 aromatic carbocycles. The van der Waals surface area contributed by atoms with E-state index in [-0.39, 0.29) is 16.5 Å². The summed E-state index contributed by atoms with van der Waals surface area (Å²) in [6, 6.07) is 11.9. The van der Waals surface area contributed by atoms with Crippen LogP contribution < -0.4 is 10.9 Å². The molecule has 2 aromatic rings. The number of nitrogens with zero attached hydrogens (tertiary/aromatic N) is 1. The number of rotatable bonds is 6. The highest BCUT2D eigenvalue weighted by atomic mass is 35.5. The third-order valence-corrected chi connectivity index (χ3v) is 4.86. The third-order valence-electron chi connectivity index (χ3n) is 4.58. The van der Waals surface area contributed by atoms with Crippen molar-refractivity contribution in [2.24, 2.45) is 5.92 Å². The molecule has 132 valence electrons. The highest BCUT2D eigenvalue weighted by Gasteiger charge is 2.22. The number of aromatic nitrogens is 1. The summed E-state index contributed by atoms with van der Waals surface area (Å²) >= 11 is 5.75. The molecule has 6 heteroatoms. The van der Waals surface area contributed by atoms with E-state index in [1.54, 1.807) is 0 Å². The van der Waals surface area contributed by atoms with Gasteiger partial charge in [0.2, 0.25) is 0 Å². The lowest BCUT2D eigenvalue weighted by molar-refractivity contribution is 0.0951. The Morgan fingerprint density at radius 1 is 1.32 bits per heavy atom. The van der Waals surface area contributed by atoms with E-state index >= 15 is 0 Å². The molecule has 3 rings (SSSR count). The zero-order chi connectivity index (χ0) is 17.6. The average Bonchev–Trinajstić information content (AvgIpc) is 3.05. The van der Waals surface area contributed by atoms with Crippen LogP contribution in [0.5, 0.6) is 0 Å². The number of hydrogen-bond donors (Lipinski definition) is 2. The Bertz CT molecular complexity index is 776. The molecule has 1 atom stereocenters. The molecule has 1 amide bonds. The Balaban J connectivity index is 1.41. The summed E-state index contributed by atoms with van der Waals surface area (Å²) < 4.78 is 0. The van der Waals surface area contributed by atoms with Crippen molar-refractivity contribution in [3.05, 3.63) is 69.1 Å². The van der Waals surface area contributed by atoms with Gasteiger partial charge < -0.3 is 10.3 Å². The lowest BCUT2D eigenvalue weighted by Crippen LogP contribution is -2.27. The van der Waals surface area contributed by atoms with Crippen LogP contribution in [-0.4, -0.2) is 35.4 Å². The van der Waals surface area contributed by atoms with Gasteiger partial charge in [0, 0.05) is 25.8 Å². The Morgan fingerprint density at radius 2 is 2.12 bits per heavy atom. The van der Waals surface area contributed by atoms with E-state index in [0.717, 1.165) is 32.5 Å². The minimum absolute atomic E-state index is 0.0278. The number of nitrogens with one attached hydrogen (secondary N) is 2. The lowest BCUT2D eigenvalue weighted by atomic mass is 10.1. The van der Waals surface area contributed by atoms with E-state index in [1.165, 1.54) is 17.8 Å². The summed E-state index contributed by atoms with van der Waals surface area (Å²) in [6.45, 7) is 3.78. The molecule has 0 bridgehead atoms. The highest BCUT2D eigenvalue weighted by Crippen LogP contribution is 2.21. The van der Waals surface area contributed by atoms with Crippen LogP contribution in [0.25, 0.3) is 0 Å². The number of hydrogen-bond acceptors (Lipinski definition) is 3. The smallest absolute Gasteiger partial charge is 0.266 e. The van der Waals surface area contributed by atoms with E-state index in [2.05, 4.69) is 39.5 Å². The van der Waals surface area contributed by atoms with E-state index < -0.39 is 0 Å². The van der Waals surface area contributed by atoms with Crippen molar-refractivity contribution >= 4 is 17.5 Å². The van der Waals surface area contributed by atoms with Crippen LogP contribution in [-0.2, 0) is 6.54 Å². The minimum Gasteiger partial charge on any atom is -0.352 e. The zero-order valence-electron chi connectivity index (χ0n) is 14.0. The number of likely N-dealkylation sites (tertiary alicyclic amines) is 1. The number of halogens is 1. The van der Waals surface area contributed by atoms with Crippen molar-refractivity contribution in [3.8, 4) is 0 Å². The second-order valence-corrected chi connectivity index (χ2v) is 6.89. The van der Waals surface area contributed by atoms with Gasteiger partial charge in [-0.05, 0) is 36.9 Å². The molecule has 0 unspecified atom stereocenters. The molecule has 0 spiro atoms. The highest BCUT2D eigenvalue weighted by molar-refractivity contribution is 6.30. The summed E-state index contributed by atoms with van der Waals surface area (Å²) in [5.41, 5.74) is 1.33. The third kappa shape index (κ3) is 4.94. The molecule has 2 N–H and O–H groups in total. The van der Waals surface area contributed by atoms with E-state index in [9.17, 15) is 9.59 Å². The predicted molar refractivity (Wildman–Crippen MR) is 98.8 cm³/mol. The normalized spacial score (nSPS) is 17.6. The van der Waals surface area contributed by atoms with Crippen LogP contribution in [0, 0.1) is 5.92 Å². The molecule has 1 aliphatic heterocycles. The first-order valence-corrected chi connectivity index (χ1v) is 8.92. The maximum absolute atomic E-state index is 12.1. The van der Waals surface area contributed by atoms with Crippen LogP contribution in [0.1, 0.15) is 28.8 Å². The number of carbonyl (C=O) groups excluding carboxylic acids is 1. The summed E-state index contributed by atoms with van der Waals surface area (Å²) in [7, 11) is 0. The maximum Gasteiger partial charge on any atom is 0.266 e. The molecule has 0 radical (unpaired) electrons. The molecule has 25 heavy (non-hydrogen) atoms. The van der Waals surface area contributed by atoms with Gasteiger partial charge in [-0.25, -0.2) is 0 Å². The molecule has 1 saturated heterocycles. The SMILES string of the molecule is O=C(NCC[C@H]1CCN(Cc2ccccc2)C1)c1c[nH]c(=O)c(Cl)c1. The molecule has 0 saturated carbocycles. The van der Waals surface area contributed by atoms with E-state index in [0.29, 0.717) is 18.0 Å². The van der Waals surface area contributed by atoms with Crippen LogP contribution in [0.15, 0.2) is 47.4 Å². The number of H-pyrrole nitrogens is 1. The maximum atomic E-state index is 12.1. The van der Waals surface area contributed by atoms with Gasteiger partial charge in [0.05, 0.1) is 5.56 Å². The molecule has 0 aliphatic carbocycles. The van der Waals surface area contributed by atoms with Gasteiger partial charge in [-0.3, -0.25) is 14.5 Å². The Hall–Kier alpha value is -2.11. The fourth-order valence-electron chi connectivity index (χ4n) is 3.21. The number of aromatic amines is 1. The quantitative estimate of drug-likeness (QED) is 0.833. The fourth-order valence-corrected chi connectivity index (χ4v) is 3.38. The summed E-state index contributed by atoms with van der Waals surface area (Å²) in [5.74, 6) is 0.389. The average molecular weight is 360 g/mol. The van der Waals surface area contributed by atoms with Gasteiger partial charge in [-0.1, -0.05) is 41.9 Å². The van der Waals surface area contributed by atoms with Gasteiger partial charge in [0.1, 0.15) is 5.02 Å². The Labute approximate surface area is 152 Å². The second kappa shape index (κ2) is 8.32. The van der Waals surface area contributed by atoms with Crippen LogP contribution >= 0.6 is 11.6 Å². The second-order valence-electron chi connectivity index (χ2n) is 6.49. The molecule has 1 fully saturated rings.